The van der Waals surface area contributed by atoms with Crippen LogP contribution in [0.2, 0.25) is 0 Å². The van der Waals surface area contributed by atoms with E-state index in [0.717, 1.165) is 11.1 Å². The average Bonchev–Trinajstić information content (AvgIpc) is 2.75. The predicted octanol–water partition coefficient (Wildman–Crippen LogP) is 7.11. The molecule has 3 aromatic rings. The third-order valence-corrected chi connectivity index (χ3v) is 5.66. The van der Waals surface area contributed by atoms with Crippen LogP contribution in [0.4, 0.5) is 13.2 Å². The van der Waals surface area contributed by atoms with Gasteiger partial charge in [-0.05, 0) is 50.0 Å². The first-order chi connectivity index (χ1) is 15.5. The molecule has 0 saturated heterocycles. The Kier molecular flexibility index (Phi) is 7.23. The molecule has 172 valence electrons. The lowest BCUT2D eigenvalue weighted by Crippen LogP contribution is -2.44. The van der Waals surface area contributed by atoms with E-state index in [1.165, 1.54) is 24.3 Å². The Balaban J connectivity index is 2.09. The van der Waals surface area contributed by atoms with Crippen molar-refractivity contribution in [2.75, 3.05) is 0 Å². The molecule has 0 aromatic heterocycles. The second-order valence-corrected chi connectivity index (χ2v) is 8.45. The van der Waals surface area contributed by atoms with Gasteiger partial charge in [-0.25, -0.2) is 0 Å². The lowest BCUT2D eigenvalue weighted by molar-refractivity contribution is -0.250. The van der Waals surface area contributed by atoms with Crippen LogP contribution in [0.15, 0.2) is 78.4 Å². The molecule has 2 nitrogen and oxygen atoms in total. The summed E-state index contributed by atoms with van der Waals surface area (Å²) >= 11 is 0. The maximum atomic E-state index is 14.5. The van der Waals surface area contributed by atoms with Gasteiger partial charge in [0.2, 0.25) is 5.60 Å². The van der Waals surface area contributed by atoms with Gasteiger partial charge >= 0.3 is 6.18 Å². The summed E-state index contributed by atoms with van der Waals surface area (Å²) in [5, 5.41) is 11.3. The van der Waals surface area contributed by atoms with Crippen molar-refractivity contribution in [1.82, 2.24) is 0 Å². The van der Waals surface area contributed by atoms with Crippen LogP contribution in [0.3, 0.4) is 0 Å². The zero-order valence-electron chi connectivity index (χ0n) is 18.9. The molecule has 33 heavy (non-hydrogen) atoms. The van der Waals surface area contributed by atoms with Gasteiger partial charge in [0.25, 0.3) is 0 Å². The summed E-state index contributed by atoms with van der Waals surface area (Å²) in [4.78, 5) is 12.8. The van der Waals surface area contributed by atoms with Crippen molar-refractivity contribution in [2.24, 2.45) is 0 Å². The third-order valence-electron chi connectivity index (χ3n) is 5.66. The van der Waals surface area contributed by atoms with E-state index >= 15 is 0 Å². The molecule has 0 aliphatic carbocycles. The van der Waals surface area contributed by atoms with Crippen LogP contribution < -0.4 is 0 Å². The van der Waals surface area contributed by atoms with Gasteiger partial charge in [-0.15, -0.1) is 0 Å². The summed E-state index contributed by atoms with van der Waals surface area (Å²) in [5.74, 6) is -0.275. The maximum Gasteiger partial charge on any atom is 0.425 e. The first kappa shape index (κ1) is 24.5. The minimum atomic E-state index is -4.98. The summed E-state index contributed by atoms with van der Waals surface area (Å²) in [5.41, 5.74) is -0.423. The highest BCUT2D eigenvalue weighted by atomic mass is 19.4. The normalized spacial score (nSPS) is 14.1. The Bertz CT molecular complexity index is 1180. The summed E-state index contributed by atoms with van der Waals surface area (Å²) in [6.45, 7) is 5.36. The van der Waals surface area contributed by atoms with Crippen LogP contribution in [-0.4, -0.2) is 17.1 Å². The van der Waals surface area contributed by atoms with Gasteiger partial charge in [0.15, 0.2) is 5.78 Å². The quantitative estimate of drug-likeness (QED) is 0.388. The number of aryl methyl sites for hydroxylation is 3. The van der Waals surface area contributed by atoms with Crippen LogP contribution >= 0.6 is 0 Å². The van der Waals surface area contributed by atoms with Gasteiger partial charge in [0, 0.05) is 12.0 Å². The van der Waals surface area contributed by atoms with Crippen molar-refractivity contribution in [2.45, 2.75) is 45.4 Å². The molecule has 0 saturated carbocycles. The van der Waals surface area contributed by atoms with Crippen molar-refractivity contribution in [3.05, 3.63) is 112 Å². The SMILES string of the molecule is Cc1cccc(/C=C(/CCC(=O)c2cccc(C)c2)C(O)(c2cccc(C)c2)C(F)(F)F)c1. The number of benzene rings is 3. The van der Waals surface area contributed by atoms with E-state index in [2.05, 4.69) is 0 Å². The van der Waals surface area contributed by atoms with E-state index in [4.69, 9.17) is 0 Å². The summed E-state index contributed by atoms with van der Waals surface area (Å²) < 4.78 is 43.4. The minimum absolute atomic E-state index is 0.161. The second-order valence-electron chi connectivity index (χ2n) is 8.45. The molecular formula is C28H27F3O2. The van der Waals surface area contributed by atoms with Gasteiger partial charge in [-0.2, -0.15) is 13.2 Å². The second kappa shape index (κ2) is 9.75. The third kappa shape index (κ3) is 5.60. The van der Waals surface area contributed by atoms with Crippen molar-refractivity contribution in [3.63, 3.8) is 0 Å². The molecule has 0 spiro atoms. The van der Waals surface area contributed by atoms with Crippen LogP contribution in [0.1, 0.15) is 51.0 Å². The fraction of sp³-hybridized carbons (Fsp3) is 0.250. The fourth-order valence-electron chi connectivity index (χ4n) is 3.93. The molecule has 0 bridgehead atoms. The predicted molar refractivity (Wildman–Crippen MR) is 125 cm³/mol. The number of halogens is 3. The number of hydrogen-bond acceptors (Lipinski definition) is 2. The minimum Gasteiger partial charge on any atom is -0.372 e. The number of carbonyl (C=O) groups excluding carboxylic acids is 1. The van der Waals surface area contributed by atoms with Crippen molar-refractivity contribution in [1.29, 1.82) is 0 Å². The topological polar surface area (TPSA) is 37.3 Å². The van der Waals surface area contributed by atoms with Crippen molar-refractivity contribution in [3.8, 4) is 0 Å². The van der Waals surface area contributed by atoms with Crippen LogP contribution in [0, 0.1) is 20.8 Å². The molecule has 3 rings (SSSR count). The molecule has 1 unspecified atom stereocenters. The van der Waals surface area contributed by atoms with E-state index in [9.17, 15) is 23.1 Å². The first-order valence-electron chi connectivity index (χ1n) is 10.7. The molecule has 0 fully saturated rings. The smallest absolute Gasteiger partial charge is 0.372 e. The zero-order valence-corrected chi connectivity index (χ0v) is 18.9. The monoisotopic (exact) mass is 452 g/mol. The largest absolute Gasteiger partial charge is 0.425 e. The van der Waals surface area contributed by atoms with E-state index in [1.807, 2.05) is 26.0 Å². The average molecular weight is 453 g/mol. The molecular weight excluding hydrogens is 425 g/mol. The lowest BCUT2D eigenvalue weighted by Gasteiger charge is -2.34. The first-order valence-corrected chi connectivity index (χ1v) is 10.7. The number of Topliss-reactive ketones (excluding diaryl/α,β-unsaturated/α-hetero) is 1. The fourth-order valence-corrected chi connectivity index (χ4v) is 3.93. The summed E-state index contributed by atoms with van der Waals surface area (Å²) in [6.07, 6.45) is -4.04. The van der Waals surface area contributed by atoms with E-state index in [1.54, 1.807) is 49.4 Å². The Morgan fingerprint density at radius 3 is 1.97 bits per heavy atom. The maximum absolute atomic E-state index is 14.5. The molecule has 1 N–H and O–H groups in total. The highest BCUT2D eigenvalue weighted by Gasteiger charge is 2.57. The van der Waals surface area contributed by atoms with Gasteiger partial charge in [0.1, 0.15) is 0 Å². The van der Waals surface area contributed by atoms with Crippen molar-refractivity contribution >= 4 is 11.9 Å². The van der Waals surface area contributed by atoms with E-state index < -0.39 is 11.8 Å². The number of carbonyl (C=O) groups is 1. The van der Waals surface area contributed by atoms with Crippen molar-refractivity contribution < 1.29 is 23.1 Å². The molecule has 0 amide bonds. The highest BCUT2D eigenvalue weighted by molar-refractivity contribution is 5.96. The van der Waals surface area contributed by atoms with E-state index in [0.29, 0.717) is 16.7 Å². The highest BCUT2D eigenvalue weighted by Crippen LogP contribution is 2.46. The van der Waals surface area contributed by atoms with Crippen LogP contribution in [0.5, 0.6) is 0 Å². The van der Waals surface area contributed by atoms with Gasteiger partial charge < -0.3 is 5.11 Å². The standard InChI is InChI=1S/C28H27F3O2/c1-19-7-4-10-22(15-19)18-25(13-14-26(32)23-11-5-8-20(2)16-23)27(33,28(29,30)31)24-12-6-9-21(3)17-24/h4-12,15-18,33H,13-14H2,1-3H3/b25-18-. The van der Waals surface area contributed by atoms with Crippen LogP contribution in [0.25, 0.3) is 6.08 Å². The number of hydrogen-bond donors (Lipinski definition) is 1. The van der Waals surface area contributed by atoms with Gasteiger partial charge in [0.05, 0.1) is 0 Å². The Morgan fingerprint density at radius 1 is 0.818 bits per heavy atom. The number of rotatable bonds is 7. The number of ketones is 1. The number of aliphatic hydroxyl groups is 1. The van der Waals surface area contributed by atoms with Gasteiger partial charge in [-0.1, -0.05) is 89.5 Å². The molecule has 3 aromatic carbocycles. The summed E-state index contributed by atoms with van der Waals surface area (Å²) in [7, 11) is 0. The Hall–Kier alpha value is -3.18. The molecule has 0 aliphatic heterocycles. The van der Waals surface area contributed by atoms with E-state index in [-0.39, 0.29) is 29.8 Å². The number of alkyl halides is 3. The van der Waals surface area contributed by atoms with Crippen LogP contribution in [-0.2, 0) is 5.60 Å². The molecule has 1 atom stereocenters. The molecule has 0 radical (unpaired) electrons. The summed E-state index contributed by atoms with van der Waals surface area (Å²) in [6, 6.07) is 19.7. The molecule has 0 heterocycles. The van der Waals surface area contributed by atoms with Gasteiger partial charge in [-0.3, -0.25) is 4.79 Å². The Labute approximate surface area is 192 Å². The molecule has 0 aliphatic rings. The lowest BCUT2D eigenvalue weighted by atomic mass is 9.81. The molecule has 5 heteroatoms. The Morgan fingerprint density at radius 2 is 1.39 bits per heavy atom. The zero-order chi connectivity index (χ0) is 24.2.